The van der Waals surface area contributed by atoms with E-state index < -0.39 is 5.97 Å². The van der Waals surface area contributed by atoms with Crippen molar-refractivity contribution in [2.45, 2.75) is 38.8 Å². The second-order valence-electron chi connectivity index (χ2n) is 4.49. The lowest BCUT2D eigenvalue weighted by molar-refractivity contribution is -0.145. The molecule has 88 valence electrons. The van der Waals surface area contributed by atoms with Crippen LogP contribution in [-0.2, 0) is 9.53 Å². The molecule has 0 aromatic rings. The number of aliphatic carboxylic acids is 1. The summed E-state index contributed by atoms with van der Waals surface area (Å²) in [6.07, 6.45) is 2.25. The molecule has 4 nitrogen and oxygen atoms in total. The molecule has 1 aliphatic carbocycles. The maximum atomic E-state index is 11.2. The van der Waals surface area contributed by atoms with E-state index in [9.17, 15) is 9.90 Å². The third-order valence-corrected chi connectivity index (χ3v) is 2.81. The molecule has 0 amide bonds. The quantitative estimate of drug-likeness (QED) is 0.693. The van der Waals surface area contributed by atoms with Gasteiger partial charge in [0.1, 0.15) is 6.04 Å². The van der Waals surface area contributed by atoms with E-state index >= 15 is 0 Å². The molecule has 0 saturated heterocycles. The molecule has 4 heteroatoms. The highest BCUT2D eigenvalue weighted by Gasteiger charge is 2.38. The Balaban J connectivity index is 2.61. The monoisotopic (exact) mass is 215 g/mol. The van der Waals surface area contributed by atoms with E-state index in [4.69, 9.17) is 4.74 Å². The molecule has 0 aromatic heterocycles. The summed E-state index contributed by atoms with van der Waals surface area (Å²) in [5.74, 6) is -0.576. The van der Waals surface area contributed by atoms with Crippen LogP contribution in [0.25, 0.3) is 0 Å². The Bertz CT molecular complexity index is 214. The van der Waals surface area contributed by atoms with Gasteiger partial charge in [0.15, 0.2) is 0 Å². The number of hydrogen-bond acceptors (Lipinski definition) is 3. The van der Waals surface area contributed by atoms with Gasteiger partial charge < -0.3 is 9.84 Å². The Labute approximate surface area is 91.2 Å². The molecular formula is C11H21NO3. The lowest BCUT2D eigenvalue weighted by atomic mass is 10.0. The normalized spacial score (nSPS) is 18.5. The average molecular weight is 215 g/mol. The van der Waals surface area contributed by atoms with Gasteiger partial charge in [0.2, 0.25) is 0 Å². The fraction of sp³-hybridized carbons (Fsp3) is 0.909. The molecule has 0 aliphatic heterocycles. The van der Waals surface area contributed by atoms with E-state index in [0.717, 1.165) is 19.4 Å². The van der Waals surface area contributed by atoms with Crippen molar-refractivity contribution in [2.75, 3.05) is 20.3 Å². The third kappa shape index (κ3) is 3.47. The van der Waals surface area contributed by atoms with Gasteiger partial charge in [-0.2, -0.15) is 0 Å². The van der Waals surface area contributed by atoms with Crippen molar-refractivity contribution in [1.29, 1.82) is 0 Å². The molecule has 1 aliphatic rings. The number of methoxy groups -OCH3 is 1. The number of carbonyl (C=O) groups is 1. The lowest BCUT2D eigenvalue weighted by Crippen LogP contribution is -2.47. The zero-order chi connectivity index (χ0) is 11.4. The van der Waals surface area contributed by atoms with Crippen molar-refractivity contribution < 1.29 is 14.6 Å². The summed E-state index contributed by atoms with van der Waals surface area (Å²) >= 11 is 0. The minimum absolute atomic E-state index is 0.139. The zero-order valence-corrected chi connectivity index (χ0v) is 9.77. The van der Waals surface area contributed by atoms with E-state index in [2.05, 4.69) is 4.90 Å². The first-order chi connectivity index (χ1) is 7.07. The van der Waals surface area contributed by atoms with Crippen LogP contribution in [0.5, 0.6) is 0 Å². The van der Waals surface area contributed by atoms with E-state index in [1.807, 2.05) is 13.8 Å². The summed E-state index contributed by atoms with van der Waals surface area (Å²) < 4.78 is 5.03. The molecule has 1 unspecified atom stereocenters. The Hall–Kier alpha value is -0.610. The Morgan fingerprint density at radius 3 is 2.47 bits per heavy atom. The van der Waals surface area contributed by atoms with Crippen LogP contribution in [0, 0.1) is 5.92 Å². The molecule has 1 saturated carbocycles. The number of carboxylic acids is 1. The molecule has 1 fully saturated rings. The van der Waals surface area contributed by atoms with Crippen LogP contribution in [0.3, 0.4) is 0 Å². The lowest BCUT2D eigenvalue weighted by Gasteiger charge is -2.31. The summed E-state index contributed by atoms with van der Waals surface area (Å²) in [7, 11) is 1.65. The number of rotatable bonds is 7. The van der Waals surface area contributed by atoms with Crippen LogP contribution in [0.2, 0.25) is 0 Å². The summed E-state index contributed by atoms with van der Waals surface area (Å²) in [6, 6.07) is 0.0938. The zero-order valence-electron chi connectivity index (χ0n) is 9.77. The van der Waals surface area contributed by atoms with Gasteiger partial charge in [-0.1, -0.05) is 13.8 Å². The minimum Gasteiger partial charge on any atom is -0.480 e. The summed E-state index contributed by atoms with van der Waals surface area (Å²) in [5, 5.41) is 9.21. The fourth-order valence-corrected chi connectivity index (χ4v) is 1.96. The average Bonchev–Trinajstić information content (AvgIpc) is 2.93. The van der Waals surface area contributed by atoms with Crippen molar-refractivity contribution >= 4 is 5.97 Å². The molecule has 0 spiro atoms. The van der Waals surface area contributed by atoms with Gasteiger partial charge >= 0.3 is 5.97 Å². The van der Waals surface area contributed by atoms with Gasteiger partial charge in [0, 0.05) is 19.7 Å². The Morgan fingerprint density at radius 1 is 1.53 bits per heavy atom. The number of ether oxygens (including phenoxy) is 1. The highest BCUT2D eigenvalue weighted by molar-refractivity contribution is 5.73. The van der Waals surface area contributed by atoms with Crippen LogP contribution in [0.4, 0.5) is 0 Å². The predicted octanol–water partition coefficient (Wildman–Crippen LogP) is 1.21. The van der Waals surface area contributed by atoms with E-state index in [1.165, 1.54) is 0 Å². The second kappa shape index (κ2) is 5.47. The van der Waals surface area contributed by atoms with Gasteiger partial charge in [-0.25, -0.2) is 0 Å². The summed E-state index contributed by atoms with van der Waals surface area (Å²) in [5.41, 5.74) is 0. The molecule has 1 rings (SSSR count). The van der Waals surface area contributed by atoms with Crippen LogP contribution in [0.1, 0.15) is 26.7 Å². The van der Waals surface area contributed by atoms with E-state index in [-0.39, 0.29) is 12.0 Å². The van der Waals surface area contributed by atoms with Gasteiger partial charge in [-0.15, -0.1) is 0 Å². The topological polar surface area (TPSA) is 49.8 Å². The first kappa shape index (κ1) is 12.5. The highest BCUT2D eigenvalue weighted by atomic mass is 16.5. The number of carboxylic acid groups (broad SMARTS) is 1. The molecular weight excluding hydrogens is 194 g/mol. The standard InChI is InChI=1S/C11H21NO3/c1-8(2)10(11(13)14)12(6-7-15-3)9-4-5-9/h8-10H,4-7H2,1-3H3,(H,13,14). The Morgan fingerprint density at radius 2 is 2.13 bits per heavy atom. The van der Waals surface area contributed by atoms with Crippen LogP contribution >= 0.6 is 0 Å². The third-order valence-electron chi connectivity index (χ3n) is 2.81. The van der Waals surface area contributed by atoms with Crippen molar-refractivity contribution in [3.05, 3.63) is 0 Å². The van der Waals surface area contributed by atoms with Crippen molar-refractivity contribution in [2.24, 2.45) is 5.92 Å². The van der Waals surface area contributed by atoms with E-state index in [0.29, 0.717) is 12.6 Å². The van der Waals surface area contributed by atoms with Crippen LogP contribution < -0.4 is 0 Å². The predicted molar refractivity (Wildman–Crippen MR) is 57.9 cm³/mol. The molecule has 0 radical (unpaired) electrons. The molecule has 0 aromatic carbocycles. The van der Waals surface area contributed by atoms with Gasteiger partial charge in [-0.05, 0) is 18.8 Å². The maximum Gasteiger partial charge on any atom is 0.321 e. The maximum absolute atomic E-state index is 11.2. The molecule has 0 heterocycles. The van der Waals surface area contributed by atoms with Crippen molar-refractivity contribution in [3.8, 4) is 0 Å². The fourth-order valence-electron chi connectivity index (χ4n) is 1.96. The summed E-state index contributed by atoms with van der Waals surface area (Å²) in [4.78, 5) is 13.3. The van der Waals surface area contributed by atoms with Crippen molar-refractivity contribution in [1.82, 2.24) is 4.90 Å². The molecule has 0 bridgehead atoms. The number of nitrogens with zero attached hydrogens (tertiary/aromatic N) is 1. The van der Waals surface area contributed by atoms with Gasteiger partial charge in [0.05, 0.1) is 6.61 Å². The first-order valence-electron chi connectivity index (χ1n) is 5.55. The van der Waals surface area contributed by atoms with E-state index in [1.54, 1.807) is 7.11 Å². The molecule has 15 heavy (non-hydrogen) atoms. The first-order valence-corrected chi connectivity index (χ1v) is 5.55. The minimum atomic E-state index is -0.715. The smallest absolute Gasteiger partial charge is 0.321 e. The largest absolute Gasteiger partial charge is 0.480 e. The molecule has 1 atom stereocenters. The van der Waals surface area contributed by atoms with Crippen LogP contribution in [0.15, 0.2) is 0 Å². The van der Waals surface area contributed by atoms with Crippen molar-refractivity contribution in [3.63, 3.8) is 0 Å². The SMILES string of the molecule is COCCN(C1CC1)C(C(=O)O)C(C)C. The second-order valence-corrected chi connectivity index (χ2v) is 4.49. The summed E-state index contributed by atoms with van der Waals surface area (Å²) in [6.45, 7) is 5.24. The van der Waals surface area contributed by atoms with Crippen LogP contribution in [-0.4, -0.2) is 48.3 Å². The van der Waals surface area contributed by atoms with Gasteiger partial charge in [0.25, 0.3) is 0 Å². The highest BCUT2D eigenvalue weighted by Crippen LogP contribution is 2.30. The van der Waals surface area contributed by atoms with Gasteiger partial charge in [-0.3, -0.25) is 9.69 Å². The number of hydrogen-bond donors (Lipinski definition) is 1. The molecule has 1 N–H and O–H groups in total. The Kier molecular flexibility index (Phi) is 4.54.